The lowest BCUT2D eigenvalue weighted by Crippen LogP contribution is -2.31. The first-order valence-electron chi connectivity index (χ1n) is 6.89. The van der Waals surface area contributed by atoms with E-state index in [0.717, 1.165) is 16.9 Å². The maximum Gasteiger partial charge on any atom is 0.260 e. The Hall–Kier alpha value is -2.36. The molecular weight excluding hydrogens is 264 g/mol. The first kappa shape index (κ1) is 15.0. The van der Waals surface area contributed by atoms with Crippen LogP contribution < -0.4 is 4.74 Å². The highest BCUT2D eigenvalue weighted by Crippen LogP contribution is 2.16. The summed E-state index contributed by atoms with van der Waals surface area (Å²) in [6.07, 6.45) is 3.47. The molecule has 0 unspecified atom stereocenters. The van der Waals surface area contributed by atoms with E-state index < -0.39 is 0 Å². The van der Waals surface area contributed by atoms with Crippen LogP contribution in [0.2, 0.25) is 0 Å². The molecular formula is C17H20N2O2. The second-order valence-electron chi connectivity index (χ2n) is 5.15. The molecule has 1 aromatic carbocycles. The fourth-order valence-electron chi connectivity index (χ4n) is 1.91. The first-order valence-corrected chi connectivity index (χ1v) is 6.89. The molecule has 0 bridgehead atoms. The maximum atomic E-state index is 12.1. The number of aryl methyl sites for hydroxylation is 2. The summed E-state index contributed by atoms with van der Waals surface area (Å²) in [5.74, 6) is 0.665. The number of carbonyl (C=O) groups excluding carboxylic acids is 1. The lowest BCUT2D eigenvalue weighted by atomic mass is 10.1. The Morgan fingerprint density at radius 2 is 2.05 bits per heavy atom. The van der Waals surface area contributed by atoms with Crippen LogP contribution in [0.3, 0.4) is 0 Å². The smallest absolute Gasteiger partial charge is 0.260 e. The van der Waals surface area contributed by atoms with Crippen molar-refractivity contribution in [1.29, 1.82) is 0 Å². The van der Waals surface area contributed by atoms with Crippen molar-refractivity contribution in [3.05, 3.63) is 59.4 Å². The normalized spacial score (nSPS) is 10.2. The van der Waals surface area contributed by atoms with Crippen LogP contribution in [0.4, 0.5) is 0 Å². The van der Waals surface area contributed by atoms with E-state index in [1.165, 1.54) is 5.56 Å². The van der Waals surface area contributed by atoms with Crippen LogP contribution in [0.5, 0.6) is 5.75 Å². The molecule has 4 nitrogen and oxygen atoms in total. The van der Waals surface area contributed by atoms with Gasteiger partial charge in [0, 0.05) is 26.0 Å². The summed E-state index contributed by atoms with van der Waals surface area (Å²) in [5.41, 5.74) is 3.37. The van der Waals surface area contributed by atoms with Crippen LogP contribution in [0.15, 0.2) is 42.7 Å². The average Bonchev–Trinajstić information content (AvgIpc) is 2.49. The molecule has 0 radical (unpaired) electrons. The Kier molecular flexibility index (Phi) is 4.93. The van der Waals surface area contributed by atoms with Gasteiger partial charge in [0.2, 0.25) is 0 Å². The molecule has 0 aliphatic heterocycles. The predicted molar refractivity (Wildman–Crippen MR) is 82.1 cm³/mol. The van der Waals surface area contributed by atoms with Gasteiger partial charge in [-0.2, -0.15) is 0 Å². The highest BCUT2D eigenvalue weighted by atomic mass is 16.5. The minimum atomic E-state index is -0.0583. The van der Waals surface area contributed by atoms with E-state index in [1.807, 2.05) is 44.2 Å². The van der Waals surface area contributed by atoms with E-state index in [2.05, 4.69) is 4.98 Å². The topological polar surface area (TPSA) is 42.4 Å². The molecule has 0 atom stereocenters. The number of benzene rings is 1. The molecule has 0 saturated heterocycles. The second kappa shape index (κ2) is 6.88. The molecule has 0 aliphatic carbocycles. The molecule has 1 heterocycles. The standard InChI is InChI=1S/C17H20N2O2/c1-13-6-7-16(9-14(13)2)21-12-17(20)19(3)11-15-5-4-8-18-10-15/h4-10H,11-12H2,1-3H3. The van der Waals surface area contributed by atoms with E-state index in [1.54, 1.807) is 24.3 Å². The van der Waals surface area contributed by atoms with Gasteiger partial charge in [0.05, 0.1) is 0 Å². The molecule has 0 aliphatic rings. The van der Waals surface area contributed by atoms with E-state index in [0.29, 0.717) is 6.54 Å². The number of rotatable bonds is 5. The van der Waals surface area contributed by atoms with Crippen molar-refractivity contribution in [1.82, 2.24) is 9.88 Å². The van der Waals surface area contributed by atoms with Crippen molar-refractivity contribution in [2.24, 2.45) is 0 Å². The summed E-state index contributed by atoms with van der Waals surface area (Å²) >= 11 is 0. The van der Waals surface area contributed by atoms with Crippen molar-refractivity contribution in [2.75, 3.05) is 13.7 Å². The number of pyridine rings is 1. The third kappa shape index (κ3) is 4.31. The summed E-state index contributed by atoms with van der Waals surface area (Å²) in [6, 6.07) is 9.63. The lowest BCUT2D eigenvalue weighted by Gasteiger charge is -2.17. The molecule has 0 N–H and O–H groups in total. The van der Waals surface area contributed by atoms with Gasteiger partial charge in [-0.05, 0) is 48.7 Å². The number of ether oxygens (including phenoxy) is 1. The molecule has 21 heavy (non-hydrogen) atoms. The van der Waals surface area contributed by atoms with Crippen LogP contribution >= 0.6 is 0 Å². The van der Waals surface area contributed by atoms with Crippen LogP contribution in [-0.4, -0.2) is 29.4 Å². The molecule has 4 heteroatoms. The van der Waals surface area contributed by atoms with Crippen molar-refractivity contribution in [2.45, 2.75) is 20.4 Å². The Balaban J connectivity index is 1.87. The summed E-state index contributed by atoms with van der Waals surface area (Å²) in [5, 5.41) is 0. The summed E-state index contributed by atoms with van der Waals surface area (Å²) in [4.78, 5) is 17.7. The number of carbonyl (C=O) groups is 1. The largest absolute Gasteiger partial charge is 0.484 e. The van der Waals surface area contributed by atoms with Crippen LogP contribution in [0, 0.1) is 13.8 Å². The van der Waals surface area contributed by atoms with Gasteiger partial charge in [-0.15, -0.1) is 0 Å². The fraction of sp³-hybridized carbons (Fsp3) is 0.294. The Labute approximate surface area is 125 Å². The second-order valence-corrected chi connectivity index (χ2v) is 5.15. The molecule has 2 aromatic rings. The van der Waals surface area contributed by atoms with E-state index >= 15 is 0 Å². The summed E-state index contributed by atoms with van der Waals surface area (Å²) in [6.45, 7) is 4.65. The van der Waals surface area contributed by atoms with Gasteiger partial charge >= 0.3 is 0 Å². The maximum absolute atomic E-state index is 12.1. The van der Waals surface area contributed by atoms with Gasteiger partial charge < -0.3 is 9.64 Å². The number of hydrogen-bond acceptors (Lipinski definition) is 3. The quantitative estimate of drug-likeness (QED) is 0.848. The van der Waals surface area contributed by atoms with Gasteiger partial charge in [-0.1, -0.05) is 12.1 Å². The third-order valence-corrected chi connectivity index (χ3v) is 3.41. The third-order valence-electron chi connectivity index (χ3n) is 3.41. The molecule has 0 saturated carbocycles. The van der Waals surface area contributed by atoms with Gasteiger partial charge in [-0.25, -0.2) is 0 Å². The summed E-state index contributed by atoms with van der Waals surface area (Å²) in [7, 11) is 1.76. The SMILES string of the molecule is Cc1ccc(OCC(=O)N(C)Cc2cccnc2)cc1C. The van der Waals surface area contributed by atoms with E-state index in [4.69, 9.17) is 4.74 Å². The van der Waals surface area contributed by atoms with Gasteiger partial charge in [-0.3, -0.25) is 9.78 Å². The molecule has 1 aromatic heterocycles. The summed E-state index contributed by atoms with van der Waals surface area (Å²) < 4.78 is 5.56. The van der Waals surface area contributed by atoms with Crippen molar-refractivity contribution >= 4 is 5.91 Å². The van der Waals surface area contributed by atoms with Gasteiger partial charge in [0.25, 0.3) is 5.91 Å². The van der Waals surface area contributed by atoms with Crippen LogP contribution in [-0.2, 0) is 11.3 Å². The Morgan fingerprint density at radius 1 is 1.24 bits per heavy atom. The minimum Gasteiger partial charge on any atom is -0.484 e. The van der Waals surface area contributed by atoms with Crippen LogP contribution in [0.25, 0.3) is 0 Å². The predicted octanol–water partition coefficient (Wildman–Crippen LogP) is 2.74. The van der Waals surface area contributed by atoms with Gasteiger partial charge in [0.15, 0.2) is 6.61 Å². The first-order chi connectivity index (χ1) is 10.1. The highest BCUT2D eigenvalue weighted by molar-refractivity contribution is 5.77. The zero-order chi connectivity index (χ0) is 15.2. The zero-order valence-corrected chi connectivity index (χ0v) is 12.7. The molecule has 1 amide bonds. The molecule has 2 rings (SSSR count). The molecule has 0 fully saturated rings. The van der Waals surface area contributed by atoms with Crippen molar-refractivity contribution in [3.8, 4) is 5.75 Å². The Bertz CT molecular complexity index is 611. The number of nitrogens with zero attached hydrogens (tertiary/aromatic N) is 2. The Morgan fingerprint density at radius 3 is 2.71 bits per heavy atom. The van der Waals surface area contributed by atoms with Gasteiger partial charge in [0.1, 0.15) is 5.75 Å². The molecule has 0 spiro atoms. The number of likely N-dealkylation sites (N-methyl/N-ethyl adjacent to an activating group) is 1. The highest BCUT2D eigenvalue weighted by Gasteiger charge is 2.10. The molecule has 110 valence electrons. The average molecular weight is 284 g/mol. The zero-order valence-electron chi connectivity index (χ0n) is 12.7. The van der Waals surface area contributed by atoms with E-state index in [-0.39, 0.29) is 12.5 Å². The van der Waals surface area contributed by atoms with Crippen molar-refractivity contribution < 1.29 is 9.53 Å². The number of aromatic nitrogens is 1. The minimum absolute atomic E-state index is 0.0409. The number of amides is 1. The van der Waals surface area contributed by atoms with E-state index in [9.17, 15) is 4.79 Å². The number of hydrogen-bond donors (Lipinski definition) is 0. The van der Waals surface area contributed by atoms with Crippen molar-refractivity contribution in [3.63, 3.8) is 0 Å². The fourth-order valence-corrected chi connectivity index (χ4v) is 1.91. The lowest BCUT2D eigenvalue weighted by molar-refractivity contribution is -0.132. The monoisotopic (exact) mass is 284 g/mol. The van der Waals surface area contributed by atoms with Crippen LogP contribution in [0.1, 0.15) is 16.7 Å².